The first kappa shape index (κ1) is 68.1. The summed E-state index contributed by atoms with van der Waals surface area (Å²) in [6.07, 6.45) is 74.5. The van der Waals surface area contributed by atoms with Gasteiger partial charge in [0.2, 0.25) is 5.91 Å². The molecule has 0 rings (SSSR count). The Hall–Kier alpha value is -1.92. The van der Waals surface area contributed by atoms with E-state index in [0.717, 1.165) is 51.4 Å². The van der Waals surface area contributed by atoms with E-state index in [9.17, 15) is 19.8 Å². The van der Waals surface area contributed by atoms with Crippen molar-refractivity contribution >= 4 is 11.9 Å². The molecule has 0 aromatic rings. The van der Waals surface area contributed by atoms with E-state index in [1.54, 1.807) is 0 Å². The number of ether oxygens (including phenoxy) is 1. The van der Waals surface area contributed by atoms with Crippen molar-refractivity contribution in [3.63, 3.8) is 0 Å². The maximum Gasteiger partial charge on any atom is 0.305 e. The van der Waals surface area contributed by atoms with Gasteiger partial charge in [0.1, 0.15) is 0 Å². The summed E-state index contributed by atoms with van der Waals surface area (Å²) in [5.74, 6) is -0.0353. The topological polar surface area (TPSA) is 95.9 Å². The van der Waals surface area contributed by atoms with Gasteiger partial charge in [0.05, 0.1) is 25.4 Å². The first-order chi connectivity index (χ1) is 34.5. The molecule has 2 unspecified atom stereocenters. The molecule has 0 aliphatic heterocycles. The fourth-order valence-electron chi connectivity index (χ4n) is 9.61. The minimum Gasteiger partial charge on any atom is -0.466 e. The van der Waals surface area contributed by atoms with E-state index >= 15 is 0 Å². The van der Waals surface area contributed by atoms with E-state index in [1.807, 2.05) is 0 Å². The average Bonchev–Trinajstić information content (AvgIpc) is 3.36. The van der Waals surface area contributed by atoms with Crippen molar-refractivity contribution in [2.45, 2.75) is 347 Å². The standard InChI is InChI=1S/C64H121NO5/c1-3-5-7-9-11-13-15-16-30-34-38-42-46-50-54-58-64(69)70-59-55-51-47-43-39-35-32-29-27-25-23-21-19-17-18-20-22-24-26-28-31-33-37-41-45-49-53-57-63(68)65-61(60-66)62(67)56-52-48-44-40-36-14-12-10-8-6-4-2/h11,13,16-18,30,61-62,66-67H,3-10,12,14-15,19-29,31-60H2,1-2H3,(H,65,68)/b13-11-,18-17-,30-16-. The first-order valence-corrected chi connectivity index (χ1v) is 31.2. The van der Waals surface area contributed by atoms with Gasteiger partial charge in [-0.15, -0.1) is 0 Å². The molecule has 0 bridgehead atoms. The van der Waals surface area contributed by atoms with Crippen molar-refractivity contribution in [1.29, 1.82) is 0 Å². The predicted octanol–water partition coefficient (Wildman–Crippen LogP) is 19.6. The molecule has 0 aromatic carbocycles. The van der Waals surface area contributed by atoms with Crippen LogP contribution in [0.25, 0.3) is 0 Å². The molecule has 0 aliphatic rings. The Balaban J connectivity index is 3.37. The largest absolute Gasteiger partial charge is 0.466 e. The Labute approximate surface area is 436 Å². The summed E-state index contributed by atoms with van der Waals surface area (Å²) in [4.78, 5) is 24.5. The van der Waals surface area contributed by atoms with Gasteiger partial charge in [-0.25, -0.2) is 0 Å². The highest BCUT2D eigenvalue weighted by molar-refractivity contribution is 5.76. The lowest BCUT2D eigenvalue weighted by atomic mass is 10.0. The number of nitrogens with one attached hydrogen (secondary N) is 1. The third kappa shape index (κ3) is 55.4. The maximum absolute atomic E-state index is 12.4. The van der Waals surface area contributed by atoms with Crippen LogP contribution in [0.2, 0.25) is 0 Å². The third-order valence-corrected chi connectivity index (χ3v) is 14.4. The van der Waals surface area contributed by atoms with Crippen LogP contribution in [-0.4, -0.2) is 47.4 Å². The molecule has 412 valence electrons. The molecule has 0 aliphatic carbocycles. The number of esters is 1. The second-order valence-electron chi connectivity index (χ2n) is 21.4. The summed E-state index contributed by atoms with van der Waals surface area (Å²) in [5.41, 5.74) is 0. The molecule has 6 nitrogen and oxygen atoms in total. The van der Waals surface area contributed by atoms with Gasteiger partial charge < -0.3 is 20.3 Å². The number of rotatable bonds is 58. The molecule has 2 atom stereocenters. The number of hydrogen-bond acceptors (Lipinski definition) is 5. The van der Waals surface area contributed by atoms with Crippen molar-refractivity contribution in [2.24, 2.45) is 0 Å². The second-order valence-corrected chi connectivity index (χ2v) is 21.4. The lowest BCUT2D eigenvalue weighted by molar-refractivity contribution is -0.143. The van der Waals surface area contributed by atoms with Gasteiger partial charge in [-0.05, 0) is 83.5 Å². The van der Waals surface area contributed by atoms with E-state index in [-0.39, 0.29) is 18.5 Å². The fraction of sp³-hybridized carbons (Fsp3) is 0.875. The molecule has 70 heavy (non-hydrogen) atoms. The molecule has 0 aromatic heterocycles. The van der Waals surface area contributed by atoms with Crippen LogP contribution in [0.15, 0.2) is 36.5 Å². The molecule has 0 radical (unpaired) electrons. The smallest absolute Gasteiger partial charge is 0.305 e. The van der Waals surface area contributed by atoms with Crippen LogP contribution in [0.4, 0.5) is 0 Å². The highest BCUT2D eigenvalue weighted by atomic mass is 16.5. The molecule has 1 amide bonds. The lowest BCUT2D eigenvalue weighted by Gasteiger charge is -2.22. The Morgan fingerprint density at radius 3 is 1.13 bits per heavy atom. The highest BCUT2D eigenvalue weighted by Gasteiger charge is 2.20. The van der Waals surface area contributed by atoms with Crippen molar-refractivity contribution in [1.82, 2.24) is 5.32 Å². The van der Waals surface area contributed by atoms with Gasteiger partial charge in [0.25, 0.3) is 0 Å². The Bertz CT molecular complexity index is 1130. The van der Waals surface area contributed by atoms with Crippen molar-refractivity contribution < 1.29 is 24.5 Å². The van der Waals surface area contributed by atoms with E-state index in [2.05, 4.69) is 55.6 Å². The second kappa shape index (κ2) is 59.6. The van der Waals surface area contributed by atoms with Gasteiger partial charge in [0.15, 0.2) is 0 Å². The zero-order chi connectivity index (χ0) is 50.7. The summed E-state index contributed by atoms with van der Waals surface area (Å²) >= 11 is 0. The number of unbranched alkanes of at least 4 members (excludes halogenated alkanes) is 41. The molecule has 0 spiro atoms. The highest BCUT2D eigenvalue weighted by Crippen LogP contribution is 2.17. The summed E-state index contributed by atoms with van der Waals surface area (Å²) in [6, 6.07) is -0.541. The monoisotopic (exact) mass is 984 g/mol. The number of aliphatic hydroxyl groups is 2. The van der Waals surface area contributed by atoms with Crippen LogP contribution < -0.4 is 5.32 Å². The minimum absolute atomic E-state index is 0.000982. The van der Waals surface area contributed by atoms with Crippen LogP contribution in [0.3, 0.4) is 0 Å². The fourth-order valence-corrected chi connectivity index (χ4v) is 9.61. The Kier molecular flexibility index (Phi) is 58.0. The van der Waals surface area contributed by atoms with Gasteiger partial charge in [0, 0.05) is 12.8 Å². The van der Waals surface area contributed by atoms with Crippen molar-refractivity contribution in [3.05, 3.63) is 36.5 Å². The van der Waals surface area contributed by atoms with E-state index in [1.165, 1.54) is 250 Å². The van der Waals surface area contributed by atoms with Gasteiger partial charge in [-0.1, -0.05) is 275 Å². The van der Waals surface area contributed by atoms with E-state index < -0.39 is 12.1 Å². The minimum atomic E-state index is -0.663. The number of amides is 1. The van der Waals surface area contributed by atoms with Crippen molar-refractivity contribution in [3.8, 4) is 0 Å². The molecule has 0 saturated carbocycles. The number of allylic oxidation sites excluding steroid dienone is 6. The number of carbonyl (C=O) groups excluding carboxylic acids is 2. The lowest BCUT2D eigenvalue weighted by Crippen LogP contribution is -2.45. The summed E-state index contributed by atoms with van der Waals surface area (Å²) in [7, 11) is 0. The van der Waals surface area contributed by atoms with Crippen LogP contribution in [0, 0.1) is 0 Å². The van der Waals surface area contributed by atoms with Gasteiger partial charge in [-0.3, -0.25) is 9.59 Å². The molecule has 0 saturated heterocycles. The third-order valence-electron chi connectivity index (χ3n) is 14.4. The SMILES string of the molecule is CCCCC/C=C\C/C=C\CCCCCCCC(=O)OCCCCCCCCCCCCCC/C=C\CCCCCCCCCCCCCC(=O)NC(CO)C(O)CCCCCCCCCCCCC. The summed E-state index contributed by atoms with van der Waals surface area (Å²) < 4.78 is 5.48. The van der Waals surface area contributed by atoms with Gasteiger partial charge in [-0.2, -0.15) is 0 Å². The Morgan fingerprint density at radius 2 is 0.714 bits per heavy atom. The number of aliphatic hydroxyl groups excluding tert-OH is 2. The average molecular weight is 985 g/mol. The summed E-state index contributed by atoms with van der Waals surface area (Å²) in [5, 5.41) is 23.2. The van der Waals surface area contributed by atoms with Crippen molar-refractivity contribution in [2.75, 3.05) is 13.2 Å². The molecule has 6 heteroatoms. The van der Waals surface area contributed by atoms with E-state index in [4.69, 9.17) is 4.74 Å². The number of hydrogen-bond donors (Lipinski definition) is 3. The Morgan fingerprint density at radius 1 is 0.400 bits per heavy atom. The molecule has 0 fully saturated rings. The van der Waals surface area contributed by atoms with Gasteiger partial charge >= 0.3 is 5.97 Å². The zero-order valence-electron chi connectivity index (χ0n) is 47.0. The van der Waals surface area contributed by atoms with Crippen LogP contribution >= 0.6 is 0 Å². The van der Waals surface area contributed by atoms with Crippen LogP contribution in [-0.2, 0) is 14.3 Å². The molecular weight excluding hydrogens is 863 g/mol. The normalized spacial score (nSPS) is 12.8. The molecular formula is C64H121NO5. The molecule has 3 N–H and O–H groups in total. The van der Waals surface area contributed by atoms with E-state index in [0.29, 0.717) is 25.9 Å². The first-order valence-electron chi connectivity index (χ1n) is 31.2. The summed E-state index contributed by atoms with van der Waals surface area (Å²) in [6.45, 7) is 4.92. The molecule has 0 heterocycles. The maximum atomic E-state index is 12.4. The number of carbonyl (C=O) groups is 2. The van der Waals surface area contributed by atoms with Crippen LogP contribution in [0.5, 0.6) is 0 Å². The predicted molar refractivity (Wildman–Crippen MR) is 306 cm³/mol. The quantitative estimate of drug-likeness (QED) is 0.0321. The zero-order valence-corrected chi connectivity index (χ0v) is 47.0. The van der Waals surface area contributed by atoms with Crippen LogP contribution in [0.1, 0.15) is 335 Å².